The zero-order valence-corrected chi connectivity index (χ0v) is 14.9. The smallest absolute Gasteiger partial charge is 0.218 e. The number of aryl methyl sites for hydroxylation is 1. The lowest BCUT2D eigenvalue weighted by Gasteiger charge is -2.37. The molecule has 1 heterocycles. The van der Waals surface area contributed by atoms with Gasteiger partial charge in [-0.3, -0.25) is 0 Å². The molecule has 3 rings (SSSR count). The number of hydrogen-bond acceptors (Lipinski definition) is 3. The monoisotopic (exact) mass is 345 g/mol. The fourth-order valence-electron chi connectivity index (χ4n) is 3.04. The van der Waals surface area contributed by atoms with Crippen LogP contribution in [0.25, 0.3) is 0 Å². The Labute approximate surface area is 144 Å². The number of hydrogen-bond donors (Lipinski definition) is 0. The van der Waals surface area contributed by atoms with Crippen molar-refractivity contribution in [2.75, 3.05) is 13.2 Å². The molecule has 2 aromatic carbocycles. The molecule has 1 fully saturated rings. The first-order chi connectivity index (χ1) is 11.5. The largest absolute Gasteiger partial charge is 0.370 e. The van der Waals surface area contributed by atoms with Gasteiger partial charge in [-0.2, -0.15) is 4.31 Å². The normalized spacial score (nSPS) is 22.4. The minimum atomic E-state index is -3.40. The van der Waals surface area contributed by atoms with Gasteiger partial charge in [0.05, 0.1) is 18.5 Å². The van der Waals surface area contributed by atoms with Crippen LogP contribution in [0.4, 0.5) is 0 Å². The molecule has 0 amide bonds. The van der Waals surface area contributed by atoms with E-state index >= 15 is 0 Å². The molecular formula is C19H23NO3S. The number of benzene rings is 2. The first-order valence-electron chi connectivity index (χ1n) is 8.18. The van der Waals surface area contributed by atoms with Crippen LogP contribution in [0.2, 0.25) is 0 Å². The van der Waals surface area contributed by atoms with Crippen LogP contribution in [-0.2, 0) is 20.5 Å². The van der Waals surface area contributed by atoms with Crippen LogP contribution < -0.4 is 0 Å². The molecule has 0 aromatic heterocycles. The van der Waals surface area contributed by atoms with Crippen molar-refractivity contribution >= 4 is 10.0 Å². The summed E-state index contributed by atoms with van der Waals surface area (Å²) in [6.45, 7) is 4.61. The Hall–Kier alpha value is -1.69. The van der Waals surface area contributed by atoms with E-state index < -0.39 is 10.0 Å². The van der Waals surface area contributed by atoms with Gasteiger partial charge >= 0.3 is 0 Å². The van der Waals surface area contributed by atoms with E-state index in [9.17, 15) is 8.42 Å². The van der Waals surface area contributed by atoms with Gasteiger partial charge in [0.25, 0.3) is 0 Å². The highest BCUT2D eigenvalue weighted by molar-refractivity contribution is 7.88. The molecule has 0 saturated carbocycles. The Morgan fingerprint density at radius 3 is 2.46 bits per heavy atom. The second-order valence-electron chi connectivity index (χ2n) is 6.33. The zero-order valence-electron chi connectivity index (χ0n) is 14.1. The molecule has 0 spiro atoms. The van der Waals surface area contributed by atoms with Crippen LogP contribution in [0, 0.1) is 6.92 Å². The zero-order chi connectivity index (χ0) is 17.2. The average molecular weight is 345 g/mol. The number of rotatable bonds is 4. The quantitative estimate of drug-likeness (QED) is 0.854. The predicted molar refractivity (Wildman–Crippen MR) is 95.1 cm³/mol. The van der Waals surface area contributed by atoms with Crippen molar-refractivity contribution in [1.82, 2.24) is 4.31 Å². The molecular weight excluding hydrogens is 322 g/mol. The van der Waals surface area contributed by atoms with Crippen LogP contribution in [-0.4, -0.2) is 31.9 Å². The van der Waals surface area contributed by atoms with E-state index in [1.807, 2.05) is 68.4 Å². The molecule has 1 saturated heterocycles. The highest BCUT2D eigenvalue weighted by Crippen LogP contribution is 2.28. The minimum Gasteiger partial charge on any atom is -0.370 e. The number of sulfonamides is 1. The van der Waals surface area contributed by atoms with Gasteiger partial charge in [0.15, 0.2) is 0 Å². The number of morpholine rings is 1. The molecule has 1 aliphatic heterocycles. The minimum absolute atomic E-state index is 0.0333. The van der Waals surface area contributed by atoms with Crippen LogP contribution in [0.3, 0.4) is 0 Å². The second-order valence-corrected chi connectivity index (χ2v) is 8.26. The maximum atomic E-state index is 13.0. The lowest BCUT2D eigenvalue weighted by molar-refractivity contribution is -0.0289. The Bertz CT molecular complexity index is 789. The van der Waals surface area contributed by atoms with Crippen molar-refractivity contribution in [3.63, 3.8) is 0 Å². The second kappa shape index (κ2) is 7.05. The van der Waals surface area contributed by atoms with Crippen molar-refractivity contribution in [2.24, 2.45) is 0 Å². The van der Waals surface area contributed by atoms with Crippen molar-refractivity contribution < 1.29 is 13.2 Å². The lowest BCUT2D eigenvalue weighted by Crippen LogP contribution is -2.48. The van der Waals surface area contributed by atoms with Gasteiger partial charge in [0.1, 0.15) is 0 Å². The van der Waals surface area contributed by atoms with Crippen molar-refractivity contribution in [1.29, 1.82) is 0 Å². The standard InChI is InChI=1S/C19H23NO3S/c1-15-8-6-7-11-18(15)14-24(21,22)20-12-19(23-13-16(20)2)17-9-4-3-5-10-17/h3-11,16,19H,12-14H2,1-2H3. The highest BCUT2D eigenvalue weighted by atomic mass is 32.2. The number of nitrogens with zero attached hydrogens (tertiary/aromatic N) is 1. The van der Waals surface area contributed by atoms with Crippen LogP contribution in [0.5, 0.6) is 0 Å². The van der Waals surface area contributed by atoms with Gasteiger partial charge < -0.3 is 4.74 Å². The first kappa shape index (κ1) is 17.1. The van der Waals surface area contributed by atoms with Gasteiger partial charge in [0, 0.05) is 12.6 Å². The molecule has 0 radical (unpaired) electrons. The topological polar surface area (TPSA) is 46.6 Å². The van der Waals surface area contributed by atoms with E-state index in [1.54, 1.807) is 4.31 Å². The predicted octanol–water partition coefficient (Wildman–Crippen LogP) is 3.29. The third-order valence-corrected chi connectivity index (χ3v) is 6.40. The number of ether oxygens (including phenoxy) is 1. The molecule has 0 N–H and O–H groups in total. The Balaban J connectivity index is 1.82. The van der Waals surface area contributed by atoms with Crippen LogP contribution in [0.1, 0.15) is 29.7 Å². The van der Waals surface area contributed by atoms with Gasteiger partial charge in [-0.05, 0) is 30.5 Å². The molecule has 1 aliphatic rings. The van der Waals surface area contributed by atoms with E-state index in [1.165, 1.54) is 0 Å². The molecule has 128 valence electrons. The maximum absolute atomic E-state index is 13.0. The van der Waals surface area contributed by atoms with E-state index in [0.29, 0.717) is 13.2 Å². The molecule has 4 nitrogen and oxygen atoms in total. The summed E-state index contributed by atoms with van der Waals surface area (Å²) in [6, 6.07) is 17.3. The van der Waals surface area contributed by atoms with Crippen molar-refractivity contribution in [3.05, 3.63) is 71.3 Å². The van der Waals surface area contributed by atoms with E-state index in [4.69, 9.17) is 4.74 Å². The average Bonchev–Trinajstić information content (AvgIpc) is 2.58. The molecule has 2 atom stereocenters. The third-order valence-electron chi connectivity index (χ3n) is 4.50. The molecule has 24 heavy (non-hydrogen) atoms. The fourth-order valence-corrected chi connectivity index (χ4v) is 4.90. The molecule has 0 aliphatic carbocycles. The van der Waals surface area contributed by atoms with Crippen LogP contribution in [0.15, 0.2) is 54.6 Å². The van der Waals surface area contributed by atoms with E-state index in [0.717, 1.165) is 16.7 Å². The van der Waals surface area contributed by atoms with Gasteiger partial charge in [0.2, 0.25) is 10.0 Å². The molecule has 2 unspecified atom stereocenters. The summed E-state index contributed by atoms with van der Waals surface area (Å²) in [4.78, 5) is 0. The van der Waals surface area contributed by atoms with Gasteiger partial charge in [-0.15, -0.1) is 0 Å². The van der Waals surface area contributed by atoms with Crippen LogP contribution >= 0.6 is 0 Å². The molecule has 5 heteroatoms. The van der Waals surface area contributed by atoms with E-state index in [-0.39, 0.29) is 17.9 Å². The fraction of sp³-hybridized carbons (Fsp3) is 0.368. The summed E-state index contributed by atoms with van der Waals surface area (Å²) < 4.78 is 33.4. The SMILES string of the molecule is Cc1ccccc1CS(=O)(=O)N1CC(c2ccccc2)OCC1C. The Morgan fingerprint density at radius 1 is 1.08 bits per heavy atom. The summed E-state index contributed by atoms with van der Waals surface area (Å²) in [7, 11) is -3.40. The first-order valence-corrected chi connectivity index (χ1v) is 9.79. The van der Waals surface area contributed by atoms with Crippen molar-refractivity contribution in [2.45, 2.75) is 31.7 Å². The summed E-state index contributed by atoms with van der Waals surface area (Å²) in [5.74, 6) is 0.0333. The Morgan fingerprint density at radius 2 is 1.75 bits per heavy atom. The summed E-state index contributed by atoms with van der Waals surface area (Å²) in [6.07, 6.45) is -0.214. The molecule has 0 bridgehead atoms. The Kier molecular flexibility index (Phi) is 5.04. The van der Waals surface area contributed by atoms with Gasteiger partial charge in [-0.25, -0.2) is 8.42 Å². The summed E-state index contributed by atoms with van der Waals surface area (Å²) in [5, 5.41) is 0. The van der Waals surface area contributed by atoms with Crippen molar-refractivity contribution in [3.8, 4) is 0 Å². The summed E-state index contributed by atoms with van der Waals surface area (Å²) in [5.41, 5.74) is 2.87. The molecule has 2 aromatic rings. The van der Waals surface area contributed by atoms with E-state index in [2.05, 4.69) is 0 Å². The maximum Gasteiger partial charge on any atom is 0.218 e. The third kappa shape index (κ3) is 3.69. The highest BCUT2D eigenvalue weighted by Gasteiger charge is 2.35. The lowest BCUT2D eigenvalue weighted by atomic mass is 10.1. The van der Waals surface area contributed by atoms with Gasteiger partial charge in [-0.1, -0.05) is 54.6 Å². The summed E-state index contributed by atoms with van der Waals surface area (Å²) >= 11 is 0.